The maximum Gasteiger partial charge on any atom is 0.257 e. The second kappa shape index (κ2) is 11.1. The van der Waals surface area contributed by atoms with Crippen molar-refractivity contribution < 1.29 is 18.0 Å². The molecule has 242 valence electrons. The summed E-state index contributed by atoms with van der Waals surface area (Å²) in [6.45, 7) is 7.06. The summed E-state index contributed by atoms with van der Waals surface area (Å²) in [5, 5.41) is 3.14. The van der Waals surface area contributed by atoms with Crippen LogP contribution in [-0.2, 0) is 20.2 Å². The molecule has 2 aromatic carbocycles. The van der Waals surface area contributed by atoms with Gasteiger partial charge < -0.3 is 15.1 Å². The van der Waals surface area contributed by atoms with Gasteiger partial charge >= 0.3 is 0 Å². The largest absolute Gasteiger partial charge is 0.371 e. The Morgan fingerprint density at radius 3 is 2.18 bits per heavy atom. The van der Waals surface area contributed by atoms with Crippen molar-refractivity contribution in [1.29, 1.82) is 0 Å². The number of anilines is 3. The van der Waals surface area contributed by atoms with Crippen LogP contribution in [-0.4, -0.2) is 44.9 Å². The molecular formula is C36H48N4O4S. The van der Waals surface area contributed by atoms with Gasteiger partial charge in [0.05, 0.1) is 27.2 Å². The molecule has 2 heterocycles. The Kier molecular flexibility index (Phi) is 7.59. The molecule has 5 aliphatic rings. The zero-order valence-electron chi connectivity index (χ0n) is 27.1. The van der Waals surface area contributed by atoms with Gasteiger partial charge in [-0.1, -0.05) is 38.2 Å². The first kappa shape index (κ1) is 30.7. The van der Waals surface area contributed by atoms with E-state index in [1.165, 1.54) is 25.3 Å². The average Bonchev–Trinajstić information content (AvgIpc) is 3.44. The summed E-state index contributed by atoms with van der Waals surface area (Å²) in [5.41, 5.74) is 3.26. The van der Waals surface area contributed by atoms with E-state index >= 15 is 0 Å². The van der Waals surface area contributed by atoms with E-state index in [4.69, 9.17) is 0 Å². The highest BCUT2D eigenvalue weighted by molar-refractivity contribution is 7.89. The number of piperidine rings is 1. The molecule has 0 atom stereocenters. The molecule has 7 rings (SSSR count). The zero-order chi connectivity index (χ0) is 31.6. The minimum Gasteiger partial charge on any atom is -0.371 e. The normalized spacial score (nSPS) is 22.7. The van der Waals surface area contributed by atoms with Crippen LogP contribution in [0.5, 0.6) is 0 Å². The van der Waals surface area contributed by atoms with Crippen LogP contribution < -0.4 is 19.8 Å². The van der Waals surface area contributed by atoms with Crippen molar-refractivity contribution >= 4 is 38.9 Å². The van der Waals surface area contributed by atoms with Gasteiger partial charge in [0.25, 0.3) is 5.91 Å². The Balaban J connectivity index is 1.21. The predicted molar refractivity (Wildman–Crippen MR) is 179 cm³/mol. The van der Waals surface area contributed by atoms with Crippen LogP contribution in [0.15, 0.2) is 41.3 Å². The zero-order valence-corrected chi connectivity index (χ0v) is 27.9. The van der Waals surface area contributed by atoms with Crippen LogP contribution in [0.25, 0.3) is 0 Å². The third-order valence-electron chi connectivity index (χ3n) is 11.1. The summed E-state index contributed by atoms with van der Waals surface area (Å²) < 4.78 is 29.4. The van der Waals surface area contributed by atoms with Gasteiger partial charge in [0.2, 0.25) is 15.9 Å². The number of carbonyl (C=O) groups is 2. The molecule has 4 fully saturated rings. The Morgan fingerprint density at radius 1 is 0.844 bits per heavy atom. The quantitative estimate of drug-likeness (QED) is 0.362. The van der Waals surface area contributed by atoms with Crippen molar-refractivity contribution in [3.63, 3.8) is 0 Å². The molecule has 8 nitrogen and oxygen atoms in total. The molecule has 2 spiro atoms. The van der Waals surface area contributed by atoms with Gasteiger partial charge in [0.15, 0.2) is 0 Å². The summed E-state index contributed by atoms with van der Waals surface area (Å²) in [6, 6.07) is 11.1. The minimum atomic E-state index is -3.78. The van der Waals surface area contributed by atoms with Crippen LogP contribution in [0.1, 0.15) is 120 Å². The summed E-state index contributed by atoms with van der Waals surface area (Å²) in [5.74, 6) is -0.0115. The van der Waals surface area contributed by atoms with Crippen LogP contribution in [0.4, 0.5) is 17.1 Å². The number of amides is 2. The van der Waals surface area contributed by atoms with E-state index in [1.54, 1.807) is 12.1 Å². The van der Waals surface area contributed by atoms with E-state index in [9.17, 15) is 18.0 Å². The summed E-state index contributed by atoms with van der Waals surface area (Å²) in [7, 11) is -3.78. The fraction of sp³-hybridized carbons (Fsp3) is 0.611. The Hall–Kier alpha value is -2.91. The summed E-state index contributed by atoms with van der Waals surface area (Å²) in [4.78, 5) is 32.6. The first-order chi connectivity index (χ1) is 21.4. The molecule has 3 saturated carbocycles. The van der Waals surface area contributed by atoms with Crippen LogP contribution >= 0.6 is 0 Å². The molecule has 2 N–H and O–H groups in total. The van der Waals surface area contributed by atoms with Crippen molar-refractivity contribution in [2.75, 3.05) is 28.2 Å². The molecule has 0 unspecified atom stereocenters. The van der Waals surface area contributed by atoms with Crippen molar-refractivity contribution in [2.24, 2.45) is 5.41 Å². The molecule has 2 amide bonds. The second-order valence-electron chi connectivity index (χ2n) is 15.5. The Morgan fingerprint density at radius 2 is 1.53 bits per heavy atom. The monoisotopic (exact) mass is 632 g/mol. The molecule has 1 saturated heterocycles. The molecule has 45 heavy (non-hydrogen) atoms. The van der Waals surface area contributed by atoms with Crippen molar-refractivity contribution in [3.05, 3.63) is 47.5 Å². The number of hydrogen-bond acceptors (Lipinski definition) is 5. The van der Waals surface area contributed by atoms with Gasteiger partial charge in [0.1, 0.15) is 0 Å². The minimum absolute atomic E-state index is 0.164. The average molecular weight is 633 g/mol. The van der Waals surface area contributed by atoms with Gasteiger partial charge in [0, 0.05) is 30.4 Å². The fourth-order valence-electron chi connectivity index (χ4n) is 8.52. The smallest absolute Gasteiger partial charge is 0.257 e. The summed E-state index contributed by atoms with van der Waals surface area (Å²) >= 11 is 0. The van der Waals surface area contributed by atoms with Crippen LogP contribution in [0.2, 0.25) is 0 Å². The van der Waals surface area contributed by atoms with Crippen LogP contribution in [0, 0.1) is 5.41 Å². The highest BCUT2D eigenvalue weighted by atomic mass is 32.2. The number of fused-ring (bicyclic) bond motifs is 2. The van der Waals surface area contributed by atoms with E-state index in [-0.39, 0.29) is 22.8 Å². The number of rotatable bonds is 6. The summed E-state index contributed by atoms with van der Waals surface area (Å²) in [6.07, 6.45) is 14.1. The number of carbonyl (C=O) groups excluding carboxylic acids is 2. The Bertz CT molecular complexity index is 1600. The maximum atomic E-state index is 14.1. The molecule has 0 radical (unpaired) electrons. The van der Waals surface area contributed by atoms with Gasteiger partial charge in [-0.3, -0.25) is 9.59 Å². The maximum absolute atomic E-state index is 14.1. The third kappa shape index (κ3) is 5.69. The number of nitrogens with zero attached hydrogens (tertiary/aromatic N) is 2. The second-order valence-corrected chi connectivity index (χ2v) is 17.1. The Labute approximate surface area is 268 Å². The van der Waals surface area contributed by atoms with E-state index in [0.717, 1.165) is 88.5 Å². The van der Waals surface area contributed by atoms with Crippen molar-refractivity contribution in [3.8, 4) is 0 Å². The molecule has 0 bridgehead atoms. The standard InChI is InChI=1S/C36H48N4O4S/c1-34(2,3)38-45(43,44)27-12-13-28(30(24-27)39-21-19-35(17-18-35)20-22-39)32(41)37-25-11-14-29-31(23-25)40(26-9-5-6-10-26)33(42)36(29)15-7-4-8-16-36/h11-14,23-24,26,38H,4-10,15-22H2,1-3H3,(H,37,41). The van der Waals surface area contributed by atoms with E-state index in [1.807, 2.05) is 32.9 Å². The molecule has 2 aliphatic heterocycles. The molecular weight excluding hydrogens is 584 g/mol. The topological polar surface area (TPSA) is 98.8 Å². The fourth-order valence-corrected chi connectivity index (χ4v) is 9.96. The van der Waals surface area contributed by atoms with Gasteiger partial charge in [-0.05, 0) is 113 Å². The number of benzene rings is 2. The molecule has 9 heteroatoms. The SMILES string of the molecule is CC(C)(C)NS(=O)(=O)c1ccc(C(=O)Nc2ccc3c(c2)N(C2CCCC2)C(=O)C32CCCCC2)c(N2CCC3(CC2)CC3)c1. The van der Waals surface area contributed by atoms with Gasteiger partial charge in [-0.2, -0.15) is 0 Å². The number of hydrogen-bond donors (Lipinski definition) is 2. The predicted octanol–water partition coefficient (Wildman–Crippen LogP) is 6.89. The number of nitrogens with one attached hydrogen (secondary N) is 2. The van der Waals surface area contributed by atoms with E-state index in [0.29, 0.717) is 22.4 Å². The lowest BCUT2D eigenvalue weighted by Gasteiger charge is -2.35. The third-order valence-corrected chi connectivity index (χ3v) is 12.9. The lowest BCUT2D eigenvalue weighted by atomic mass is 9.70. The molecule has 3 aliphatic carbocycles. The molecule has 0 aromatic heterocycles. The van der Waals surface area contributed by atoms with Crippen molar-refractivity contribution in [2.45, 2.75) is 126 Å². The van der Waals surface area contributed by atoms with E-state index < -0.39 is 21.0 Å². The molecule has 2 aromatic rings. The first-order valence-electron chi connectivity index (χ1n) is 17.1. The van der Waals surface area contributed by atoms with Gasteiger partial charge in [-0.15, -0.1) is 0 Å². The lowest BCUT2D eigenvalue weighted by molar-refractivity contribution is -0.124. The van der Waals surface area contributed by atoms with Crippen molar-refractivity contribution in [1.82, 2.24) is 4.72 Å². The number of sulfonamides is 1. The first-order valence-corrected chi connectivity index (χ1v) is 18.6. The van der Waals surface area contributed by atoms with E-state index in [2.05, 4.69) is 25.9 Å². The highest BCUT2D eigenvalue weighted by Gasteiger charge is 2.53. The van der Waals surface area contributed by atoms with Gasteiger partial charge in [-0.25, -0.2) is 13.1 Å². The van der Waals surface area contributed by atoms with Crippen LogP contribution in [0.3, 0.4) is 0 Å². The highest BCUT2D eigenvalue weighted by Crippen LogP contribution is 2.54. The lowest BCUT2D eigenvalue weighted by Crippen LogP contribution is -2.45.